The standard InChI is InChI=1S/C11H22O2/c1-9(12)11(13)8-7-10-5-3-2-4-6-10/h9-13H,2-8H2,1H3. The highest BCUT2D eigenvalue weighted by Crippen LogP contribution is 2.27. The van der Waals surface area contributed by atoms with Crippen molar-refractivity contribution in [1.82, 2.24) is 0 Å². The van der Waals surface area contributed by atoms with Crippen molar-refractivity contribution < 1.29 is 10.2 Å². The summed E-state index contributed by atoms with van der Waals surface area (Å²) < 4.78 is 0. The van der Waals surface area contributed by atoms with Crippen molar-refractivity contribution in [3.05, 3.63) is 0 Å². The molecule has 2 N–H and O–H groups in total. The van der Waals surface area contributed by atoms with E-state index in [1.165, 1.54) is 32.1 Å². The highest BCUT2D eigenvalue weighted by atomic mass is 16.3. The summed E-state index contributed by atoms with van der Waals surface area (Å²) in [5.74, 6) is 0.808. The van der Waals surface area contributed by atoms with E-state index in [1.807, 2.05) is 0 Å². The molecule has 1 saturated carbocycles. The Morgan fingerprint density at radius 2 is 1.77 bits per heavy atom. The molecule has 1 aliphatic carbocycles. The number of hydrogen-bond donors (Lipinski definition) is 2. The van der Waals surface area contributed by atoms with Crippen LogP contribution in [-0.4, -0.2) is 22.4 Å². The molecule has 0 heterocycles. The summed E-state index contributed by atoms with van der Waals surface area (Å²) in [5, 5.41) is 18.5. The molecule has 2 unspecified atom stereocenters. The summed E-state index contributed by atoms with van der Waals surface area (Å²) in [6, 6.07) is 0. The summed E-state index contributed by atoms with van der Waals surface area (Å²) in [7, 11) is 0. The summed E-state index contributed by atoms with van der Waals surface area (Å²) in [5.41, 5.74) is 0. The van der Waals surface area contributed by atoms with E-state index in [4.69, 9.17) is 5.11 Å². The van der Waals surface area contributed by atoms with E-state index in [0.29, 0.717) is 0 Å². The maximum Gasteiger partial charge on any atom is 0.0796 e. The fraction of sp³-hybridized carbons (Fsp3) is 1.00. The second kappa shape index (κ2) is 5.61. The maximum atomic E-state index is 9.41. The third-order valence-electron chi connectivity index (χ3n) is 3.15. The molecule has 2 atom stereocenters. The van der Waals surface area contributed by atoms with Gasteiger partial charge in [0, 0.05) is 0 Å². The minimum Gasteiger partial charge on any atom is -0.391 e. The average molecular weight is 186 g/mol. The van der Waals surface area contributed by atoms with Gasteiger partial charge in [-0.3, -0.25) is 0 Å². The quantitative estimate of drug-likeness (QED) is 0.705. The first kappa shape index (κ1) is 11.0. The summed E-state index contributed by atoms with van der Waals surface area (Å²) in [6.07, 6.45) is 7.53. The van der Waals surface area contributed by atoms with Gasteiger partial charge in [-0.1, -0.05) is 32.1 Å². The lowest BCUT2D eigenvalue weighted by Crippen LogP contribution is -2.23. The van der Waals surface area contributed by atoms with Crippen LogP contribution in [0.1, 0.15) is 51.9 Å². The lowest BCUT2D eigenvalue weighted by Gasteiger charge is -2.23. The van der Waals surface area contributed by atoms with Gasteiger partial charge in [-0.25, -0.2) is 0 Å². The van der Waals surface area contributed by atoms with E-state index >= 15 is 0 Å². The van der Waals surface area contributed by atoms with Gasteiger partial charge in [0.2, 0.25) is 0 Å². The van der Waals surface area contributed by atoms with Gasteiger partial charge in [0.05, 0.1) is 12.2 Å². The van der Waals surface area contributed by atoms with E-state index in [0.717, 1.165) is 18.8 Å². The largest absolute Gasteiger partial charge is 0.391 e. The molecule has 0 bridgehead atoms. The van der Waals surface area contributed by atoms with Gasteiger partial charge >= 0.3 is 0 Å². The highest BCUT2D eigenvalue weighted by molar-refractivity contribution is 4.69. The van der Waals surface area contributed by atoms with Crippen LogP contribution < -0.4 is 0 Å². The second-order valence-corrected chi connectivity index (χ2v) is 4.39. The van der Waals surface area contributed by atoms with Gasteiger partial charge < -0.3 is 10.2 Å². The summed E-state index contributed by atoms with van der Waals surface area (Å²) in [4.78, 5) is 0. The Labute approximate surface area is 81.0 Å². The monoisotopic (exact) mass is 186 g/mol. The molecule has 2 nitrogen and oxygen atoms in total. The third-order valence-corrected chi connectivity index (χ3v) is 3.15. The van der Waals surface area contributed by atoms with Crippen LogP contribution in [0.4, 0.5) is 0 Å². The first-order valence-corrected chi connectivity index (χ1v) is 5.56. The number of rotatable bonds is 4. The lowest BCUT2D eigenvalue weighted by atomic mass is 9.85. The van der Waals surface area contributed by atoms with Crippen molar-refractivity contribution >= 4 is 0 Å². The van der Waals surface area contributed by atoms with E-state index < -0.39 is 12.2 Å². The molecule has 0 radical (unpaired) electrons. The summed E-state index contributed by atoms with van der Waals surface area (Å²) >= 11 is 0. The van der Waals surface area contributed by atoms with Gasteiger partial charge in [-0.2, -0.15) is 0 Å². The Balaban J connectivity index is 2.10. The first-order chi connectivity index (χ1) is 6.20. The topological polar surface area (TPSA) is 40.5 Å². The Bertz CT molecular complexity index is 128. The van der Waals surface area contributed by atoms with Crippen molar-refractivity contribution in [2.24, 2.45) is 5.92 Å². The molecule has 0 aromatic rings. The predicted octanol–water partition coefficient (Wildman–Crippen LogP) is 2.09. The van der Waals surface area contributed by atoms with Gasteiger partial charge in [-0.15, -0.1) is 0 Å². The van der Waals surface area contributed by atoms with E-state index in [9.17, 15) is 5.11 Å². The normalized spacial score (nSPS) is 24.2. The molecule has 1 fully saturated rings. The van der Waals surface area contributed by atoms with E-state index in [1.54, 1.807) is 6.92 Å². The molecule has 0 aliphatic heterocycles. The van der Waals surface area contributed by atoms with Crippen LogP contribution >= 0.6 is 0 Å². The Hall–Kier alpha value is -0.0800. The van der Waals surface area contributed by atoms with Crippen LogP contribution in [0.25, 0.3) is 0 Å². The van der Waals surface area contributed by atoms with Crippen molar-refractivity contribution in [1.29, 1.82) is 0 Å². The fourth-order valence-corrected chi connectivity index (χ4v) is 2.12. The molecule has 13 heavy (non-hydrogen) atoms. The van der Waals surface area contributed by atoms with Gasteiger partial charge in [-0.05, 0) is 25.7 Å². The average Bonchev–Trinajstić information content (AvgIpc) is 2.15. The molecule has 1 aliphatic rings. The Kier molecular flexibility index (Phi) is 4.74. The molecule has 0 saturated heterocycles. The molecule has 0 aromatic heterocycles. The van der Waals surface area contributed by atoms with Crippen molar-refractivity contribution in [2.45, 2.75) is 64.1 Å². The van der Waals surface area contributed by atoms with Gasteiger partial charge in [0.1, 0.15) is 0 Å². The molecular weight excluding hydrogens is 164 g/mol. The molecule has 0 spiro atoms. The Morgan fingerprint density at radius 3 is 2.31 bits per heavy atom. The predicted molar refractivity (Wildman–Crippen MR) is 53.5 cm³/mol. The number of aliphatic hydroxyl groups is 2. The third kappa shape index (κ3) is 4.10. The summed E-state index contributed by atoms with van der Waals surface area (Å²) in [6.45, 7) is 1.66. The zero-order valence-electron chi connectivity index (χ0n) is 8.58. The van der Waals surface area contributed by atoms with Gasteiger partial charge in [0.25, 0.3) is 0 Å². The van der Waals surface area contributed by atoms with Crippen LogP contribution in [-0.2, 0) is 0 Å². The minimum atomic E-state index is -0.566. The zero-order valence-corrected chi connectivity index (χ0v) is 8.58. The number of aliphatic hydroxyl groups excluding tert-OH is 2. The van der Waals surface area contributed by atoms with Crippen LogP contribution in [0.3, 0.4) is 0 Å². The smallest absolute Gasteiger partial charge is 0.0796 e. The Morgan fingerprint density at radius 1 is 1.15 bits per heavy atom. The van der Waals surface area contributed by atoms with Crippen molar-refractivity contribution in [3.8, 4) is 0 Å². The van der Waals surface area contributed by atoms with Crippen LogP contribution in [0.2, 0.25) is 0 Å². The molecule has 0 amide bonds. The lowest BCUT2D eigenvalue weighted by molar-refractivity contribution is 0.0213. The molecule has 1 rings (SSSR count). The molecule has 2 heteroatoms. The SMILES string of the molecule is CC(O)C(O)CCC1CCCCC1. The first-order valence-electron chi connectivity index (χ1n) is 5.56. The zero-order chi connectivity index (χ0) is 9.68. The van der Waals surface area contributed by atoms with Crippen LogP contribution in [0.5, 0.6) is 0 Å². The molecule has 78 valence electrons. The van der Waals surface area contributed by atoms with Crippen molar-refractivity contribution in [3.63, 3.8) is 0 Å². The van der Waals surface area contributed by atoms with Crippen LogP contribution in [0.15, 0.2) is 0 Å². The van der Waals surface area contributed by atoms with Crippen LogP contribution in [0, 0.1) is 5.92 Å². The fourth-order valence-electron chi connectivity index (χ4n) is 2.12. The van der Waals surface area contributed by atoms with E-state index in [2.05, 4.69) is 0 Å². The second-order valence-electron chi connectivity index (χ2n) is 4.39. The van der Waals surface area contributed by atoms with Crippen molar-refractivity contribution in [2.75, 3.05) is 0 Å². The number of hydrogen-bond acceptors (Lipinski definition) is 2. The maximum absolute atomic E-state index is 9.41. The minimum absolute atomic E-state index is 0.512. The van der Waals surface area contributed by atoms with E-state index in [-0.39, 0.29) is 0 Å². The van der Waals surface area contributed by atoms with Gasteiger partial charge in [0.15, 0.2) is 0 Å². The highest BCUT2D eigenvalue weighted by Gasteiger charge is 2.16. The molecule has 0 aromatic carbocycles. The molecular formula is C11H22O2.